The van der Waals surface area contributed by atoms with Crippen molar-refractivity contribution in [3.05, 3.63) is 64.7 Å². The molecule has 0 spiro atoms. The number of hydrogen-bond donors (Lipinski definition) is 1. The minimum atomic E-state index is -0.470. The van der Waals surface area contributed by atoms with Gasteiger partial charge in [0.1, 0.15) is 0 Å². The first-order valence-electron chi connectivity index (χ1n) is 7.32. The van der Waals surface area contributed by atoms with Gasteiger partial charge in [-0.2, -0.15) is 0 Å². The van der Waals surface area contributed by atoms with Crippen LogP contribution in [0.4, 0.5) is 5.69 Å². The van der Waals surface area contributed by atoms with E-state index in [9.17, 15) is 9.59 Å². The van der Waals surface area contributed by atoms with Crippen LogP contribution >= 0.6 is 11.6 Å². The van der Waals surface area contributed by atoms with Crippen LogP contribution in [0.2, 0.25) is 5.02 Å². The Morgan fingerprint density at radius 1 is 1.09 bits per heavy atom. The molecule has 0 saturated heterocycles. The summed E-state index contributed by atoms with van der Waals surface area (Å²) in [5, 5.41) is 3.46. The lowest BCUT2D eigenvalue weighted by Crippen LogP contribution is -2.15. The summed E-state index contributed by atoms with van der Waals surface area (Å²) in [7, 11) is 1.31. The number of hydrogen-bond acceptors (Lipinski definition) is 3. The largest absolute Gasteiger partial charge is 0.465 e. The summed E-state index contributed by atoms with van der Waals surface area (Å²) in [6.07, 6.45) is 1.88. The zero-order chi connectivity index (χ0) is 16.7. The Kier molecular flexibility index (Phi) is 6.18. The molecule has 0 heterocycles. The molecule has 0 aromatic heterocycles. The van der Waals surface area contributed by atoms with Crippen LogP contribution in [0.5, 0.6) is 0 Å². The van der Waals surface area contributed by atoms with Gasteiger partial charge in [-0.25, -0.2) is 4.79 Å². The molecule has 0 saturated carbocycles. The Labute approximate surface area is 140 Å². The van der Waals surface area contributed by atoms with Crippen molar-refractivity contribution in [1.29, 1.82) is 0 Å². The quantitative estimate of drug-likeness (QED) is 0.811. The fourth-order valence-electron chi connectivity index (χ4n) is 2.20. The second kappa shape index (κ2) is 8.34. The van der Waals surface area contributed by atoms with Crippen LogP contribution in [0, 0.1) is 0 Å². The van der Waals surface area contributed by atoms with Crippen molar-refractivity contribution < 1.29 is 14.3 Å². The van der Waals surface area contributed by atoms with Gasteiger partial charge in [0.2, 0.25) is 5.91 Å². The maximum Gasteiger partial charge on any atom is 0.339 e. The molecule has 0 radical (unpaired) electrons. The number of carbonyl (C=O) groups excluding carboxylic acids is 2. The van der Waals surface area contributed by atoms with Crippen LogP contribution < -0.4 is 5.32 Å². The molecule has 2 aromatic carbocycles. The molecular weight excluding hydrogens is 314 g/mol. The van der Waals surface area contributed by atoms with Gasteiger partial charge >= 0.3 is 5.97 Å². The molecule has 2 rings (SSSR count). The van der Waals surface area contributed by atoms with Crippen molar-refractivity contribution in [2.45, 2.75) is 19.3 Å². The number of aryl methyl sites for hydroxylation is 1. The number of benzene rings is 2. The van der Waals surface area contributed by atoms with Crippen molar-refractivity contribution in [2.75, 3.05) is 12.4 Å². The highest BCUT2D eigenvalue weighted by Gasteiger charge is 2.12. The topological polar surface area (TPSA) is 55.4 Å². The van der Waals surface area contributed by atoms with E-state index in [2.05, 4.69) is 5.32 Å². The lowest BCUT2D eigenvalue weighted by Gasteiger charge is -2.09. The van der Waals surface area contributed by atoms with E-state index < -0.39 is 5.97 Å². The lowest BCUT2D eigenvalue weighted by atomic mass is 10.1. The molecule has 2 aromatic rings. The van der Waals surface area contributed by atoms with Gasteiger partial charge in [-0.3, -0.25) is 4.79 Å². The third kappa shape index (κ3) is 5.11. The number of ether oxygens (including phenoxy) is 1. The molecule has 1 N–H and O–H groups in total. The van der Waals surface area contributed by atoms with E-state index in [1.54, 1.807) is 24.3 Å². The smallest absolute Gasteiger partial charge is 0.339 e. The molecule has 0 aliphatic heterocycles. The first-order chi connectivity index (χ1) is 11.1. The Morgan fingerprint density at radius 2 is 1.78 bits per heavy atom. The predicted octanol–water partition coefficient (Wildman–Crippen LogP) is 4.09. The van der Waals surface area contributed by atoms with Crippen LogP contribution in [-0.2, 0) is 16.0 Å². The van der Waals surface area contributed by atoms with Gasteiger partial charge in [0, 0.05) is 11.4 Å². The van der Waals surface area contributed by atoms with Crippen LogP contribution in [0.1, 0.15) is 28.8 Å². The van der Waals surface area contributed by atoms with Gasteiger partial charge in [0.15, 0.2) is 0 Å². The number of esters is 1. The molecule has 23 heavy (non-hydrogen) atoms. The maximum absolute atomic E-state index is 12.0. The molecule has 0 atom stereocenters. The van der Waals surface area contributed by atoms with E-state index in [1.165, 1.54) is 7.11 Å². The van der Waals surface area contributed by atoms with Gasteiger partial charge < -0.3 is 10.1 Å². The van der Waals surface area contributed by atoms with Crippen molar-refractivity contribution in [1.82, 2.24) is 0 Å². The minimum Gasteiger partial charge on any atom is -0.465 e. The van der Waals surface area contributed by atoms with Crippen LogP contribution in [0.3, 0.4) is 0 Å². The standard InChI is InChI=1S/C18H18ClNO3/c1-23-18(22)15-6-2-3-7-16(15)20-17(21)8-4-5-13-9-11-14(19)12-10-13/h2-3,6-7,9-12H,4-5,8H2,1H3,(H,20,21). The molecule has 120 valence electrons. The summed E-state index contributed by atoms with van der Waals surface area (Å²) in [4.78, 5) is 23.7. The Balaban J connectivity index is 1.88. The van der Waals surface area contributed by atoms with Gasteiger partial charge in [-0.1, -0.05) is 35.9 Å². The summed E-state index contributed by atoms with van der Waals surface area (Å²) < 4.78 is 4.71. The first kappa shape index (κ1) is 17.0. The fourth-order valence-corrected chi connectivity index (χ4v) is 2.32. The van der Waals surface area contributed by atoms with E-state index in [0.717, 1.165) is 12.0 Å². The molecule has 5 heteroatoms. The van der Waals surface area contributed by atoms with Gasteiger partial charge in [-0.05, 0) is 42.7 Å². The maximum atomic E-state index is 12.0. The highest BCUT2D eigenvalue weighted by molar-refractivity contribution is 6.30. The van der Waals surface area contributed by atoms with E-state index in [0.29, 0.717) is 29.1 Å². The summed E-state index contributed by atoms with van der Waals surface area (Å²) in [5.74, 6) is -0.600. The Morgan fingerprint density at radius 3 is 2.48 bits per heavy atom. The van der Waals surface area contributed by atoms with Crippen molar-refractivity contribution in [3.63, 3.8) is 0 Å². The average molecular weight is 332 g/mol. The van der Waals surface area contributed by atoms with Crippen LogP contribution in [-0.4, -0.2) is 19.0 Å². The van der Waals surface area contributed by atoms with Gasteiger partial charge in [0.05, 0.1) is 18.4 Å². The summed E-state index contributed by atoms with van der Waals surface area (Å²) >= 11 is 5.84. The fraction of sp³-hybridized carbons (Fsp3) is 0.222. The average Bonchev–Trinajstić information content (AvgIpc) is 2.56. The van der Waals surface area contributed by atoms with Crippen molar-refractivity contribution in [2.24, 2.45) is 0 Å². The third-order valence-corrected chi connectivity index (χ3v) is 3.64. The highest BCUT2D eigenvalue weighted by atomic mass is 35.5. The molecule has 0 aliphatic carbocycles. The number of nitrogens with one attached hydrogen (secondary N) is 1. The zero-order valence-electron chi connectivity index (χ0n) is 12.8. The molecular formula is C18H18ClNO3. The van der Waals surface area contributed by atoms with E-state index in [1.807, 2.05) is 24.3 Å². The number of anilines is 1. The minimum absolute atomic E-state index is 0.129. The second-order valence-electron chi connectivity index (χ2n) is 5.07. The zero-order valence-corrected chi connectivity index (χ0v) is 13.6. The SMILES string of the molecule is COC(=O)c1ccccc1NC(=O)CCCc1ccc(Cl)cc1. The normalized spacial score (nSPS) is 10.2. The van der Waals surface area contributed by atoms with Gasteiger partial charge in [-0.15, -0.1) is 0 Å². The number of carbonyl (C=O) groups is 2. The number of amides is 1. The molecule has 0 fully saturated rings. The monoisotopic (exact) mass is 331 g/mol. The number of rotatable bonds is 6. The van der Waals surface area contributed by atoms with Gasteiger partial charge in [0.25, 0.3) is 0 Å². The molecule has 0 unspecified atom stereocenters. The Hall–Kier alpha value is -2.33. The van der Waals surface area contributed by atoms with Crippen LogP contribution in [0.15, 0.2) is 48.5 Å². The second-order valence-corrected chi connectivity index (χ2v) is 5.50. The highest BCUT2D eigenvalue weighted by Crippen LogP contribution is 2.17. The first-order valence-corrected chi connectivity index (χ1v) is 7.69. The molecule has 4 nitrogen and oxygen atoms in total. The summed E-state index contributed by atoms with van der Waals surface area (Å²) in [6.45, 7) is 0. The number of halogens is 1. The van der Waals surface area contributed by atoms with E-state index in [-0.39, 0.29) is 5.91 Å². The molecule has 0 aliphatic rings. The lowest BCUT2D eigenvalue weighted by molar-refractivity contribution is -0.116. The third-order valence-electron chi connectivity index (χ3n) is 3.39. The molecule has 0 bridgehead atoms. The number of methoxy groups -OCH3 is 1. The van der Waals surface area contributed by atoms with Crippen molar-refractivity contribution >= 4 is 29.2 Å². The van der Waals surface area contributed by atoms with Crippen LogP contribution in [0.25, 0.3) is 0 Å². The Bertz CT molecular complexity index is 683. The van der Waals surface area contributed by atoms with E-state index in [4.69, 9.17) is 16.3 Å². The van der Waals surface area contributed by atoms with Crippen molar-refractivity contribution in [3.8, 4) is 0 Å². The number of para-hydroxylation sites is 1. The molecule has 1 amide bonds. The van der Waals surface area contributed by atoms with E-state index >= 15 is 0 Å². The summed E-state index contributed by atoms with van der Waals surface area (Å²) in [6, 6.07) is 14.4. The summed E-state index contributed by atoms with van der Waals surface area (Å²) in [5.41, 5.74) is 1.95. The predicted molar refractivity (Wildman–Crippen MR) is 90.8 cm³/mol.